The summed E-state index contributed by atoms with van der Waals surface area (Å²) in [4.78, 5) is 6.66. The first-order chi connectivity index (χ1) is 8.92. The predicted octanol–water partition coefficient (Wildman–Crippen LogP) is 1.67. The van der Waals surface area contributed by atoms with Crippen molar-refractivity contribution in [3.8, 4) is 0 Å². The zero-order valence-corrected chi connectivity index (χ0v) is 10.6. The van der Waals surface area contributed by atoms with Crippen molar-refractivity contribution >= 4 is 11.1 Å². The smallest absolute Gasteiger partial charge is 0.181 e. The quantitative estimate of drug-likeness (QED) is 0.889. The average Bonchev–Trinajstić information content (AvgIpc) is 2.87. The Morgan fingerprint density at radius 2 is 2.17 bits per heavy atom. The van der Waals surface area contributed by atoms with E-state index in [-0.39, 0.29) is 0 Å². The number of nitrogens with one attached hydrogen (secondary N) is 1. The summed E-state index contributed by atoms with van der Waals surface area (Å²) in [5.41, 5.74) is 3.19. The van der Waals surface area contributed by atoms with Crippen LogP contribution in [0.2, 0.25) is 0 Å². The Balaban J connectivity index is 1.52. The van der Waals surface area contributed by atoms with Crippen LogP contribution in [0.1, 0.15) is 12.0 Å². The highest BCUT2D eigenvalue weighted by atomic mass is 16.3. The van der Waals surface area contributed by atoms with E-state index in [9.17, 15) is 0 Å². The molecule has 0 atom stereocenters. The maximum atomic E-state index is 5.33. The van der Waals surface area contributed by atoms with Gasteiger partial charge in [0.15, 0.2) is 12.0 Å². The Kier molecular flexibility index (Phi) is 3.57. The van der Waals surface area contributed by atoms with Crippen LogP contribution in [0.15, 0.2) is 29.0 Å². The maximum absolute atomic E-state index is 5.33. The average molecular weight is 245 g/mol. The molecule has 3 rings (SSSR count). The molecule has 96 valence electrons. The van der Waals surface area contributed by atoms with Gasteiger partial charge in [0.1, 0.15) is 5.52 Å². The molecule has 0 radical (unpaired) electrons. The minimum absolute atomic E-state index is 0.898. The fraction of sp³-hybridized carbons (Fsp3) is 0.500. The molecule has 0 unspecified atom stereocenters. The van der Waals surface area contributed by atoms with E-state index in [0.29, 0.717) is 0 Å². The van der Waals surface area contributed by atoms with Gasteiger partial charge in [-0.15, -0.1) is 0 Å². The van der Waals surface area contributed by atoms with E-state index < -0.39 is 0 Å². The number of hydrogen-bond donors (Lipinski definition) is 1. The number of aryl methyl sites for hydroxylation is 1. The third-order valence-electron chi connectivity index (χ3n) is 3.55. The lowest BCUT2D eigenvalue weighted by Crippen LogP contribution is -2.43. The van der Waals surface area contributed by atoms with Gasteiger partial charge in [0.2, 0.25) is 0 Å². The zero-order valence-electron chi connectivity index (χ0n) is 10.6. The van der Waals surface area contributed by atoms with E-state index >= 15 is 0 Å². The lowest BCUT2D eigenvalue weighted by atomic mass is 10.1. The summed E-state index contributed by atoms with van der Waals surface area (Å²) in [7, 11) is 0. The van der Waals surface area contributed by atoms with Crippen molar-refractivity contribution in [3.05, 3.63) is 30.2 Å². The molecule has 0 saturated carbocycles. The molecule has 1 aliphatic rings. The molecule has 2 heterocycles. The van der Waals surface area contributed by atoms with Gasteiger partial charge in [-0.3, -0.25) is 0 Å². The first kappa shape index (κ1) is 11.7. The summed E-state index contributed by atoms with van der Waals surface area (Å²) in [6.45, 7) is 5.81. The number of rotatable bonds is 4. The number of nitrogens with zero attached hydrogens (tertiary/aromatic N) is 2. The van der Waals surface area contributed by atoms with Crippen molar-refractivity contribution in [1.82, 2.24) is 15.2 Å². The van der Waals surface area contributed by atoms with Gasteiger partial charge in [-0.1, -0.05) is 6.07 Å². The van der Waals surface area contributed by atoms with E-state index in [2.05, 4.69) is 27.3 Å². The minimum Gasteiger partial charge on any atom is -0.443 e. The third kappa shape index (κ3) is 2.71. The molecular formula is C14H19N3O. The molecule has 0 aliphatic carbocycles. The maximum Gasteiger partial charge on any atom is 0.181 e. The van der Waals surface area contributed by atoms with Crippen LogP contribution in [-0.4, -0.2) is 42.6 Å². The summed E-state index contributed by atoms with van der Waals surface area (Å²) in [6.07, 6.45) is 3.83. The van der Waals surface area contributed by atoms with Crippen LogP contribution in [0.3, 0.4) is 0 Å². The lowest BCUT2D eigenvalue weighted by Gasteiger charge is -2.27. The van der Waals surface area contributed by atoms with Gasteiger partial charge in [-0.25, -0.2) is 4.98 Å². The SMILES string of the molecule is c1nc2ccc(CCCN3CCNCC3)cc2o1. The van der Waals surface area contributed by atoms with Crippen LogP contribution < -0.4 is 5.32 Å². The van der Waals surface area contributed by atoms with Crippen molar-refractivity contribution in [2.45, 2.75) is 12.8 Å². The lowest BCUT2D eigenvalue weighted by molar-refractivity contribution is 0.238. The fourth-order valence-corrected chi connectivity index (χ4v) is 2.50. The van der Waals surface area contributed by atoms with Gasteiger partial charge < -0.3 is 14.6 Å². The second-order valence-corrected chi connectivity index (χ2v) is 4.85. The monoisotopic (exact) mass is 245 g/mol. The Morgan fingerprint density at radius 1 is 1.28 bits per heavy atom. The molecule has 18 heavy (non-hydrogen) atoms. The van der Waals surface area contributed by atoms with E-state index in [1.807, 2.05) is 6.07 Å². The zero-order chi connectivity index (χ0) is 12.2. The summed E-state index contributed by atoms with van der Waals surface area (Å²) in [5.74, 6) is 0. The number of fused-ring (bicyclic) bond motifs is 1. The van der Waals surface area contributed by atoms with E-state index in [1.54, 1.807) is 0 Å². The van der Waals surface area contributed by atoms with Crippen molar-refractivity contribution in [3.63, 3.8) is 0 Å². The highest BCUT2D eigenvalue weighted by molar-refractivity contribution is 5.72. The number of hydrogen-bond acceptors (Lipinski definition) is 4. The van der Waals surface area contributed by atoms with Crippen LogP contribution in [0.25, 0.3) is 11.1 Å². The normalized spacial score (nSPS) is 17.3. The van der Waals surface area contributed by atoms with Crippen LogP contribution in [0.4, 0.5) is 0 Å². The van der Waals surface area contributed by atoms with Gasteiger partial charge in [-0.05, 0) is 37.1 Å². The van der Waals surface area contributed by atoms with Crippen LogP contribution >= 0.6 is 0 Å². The molecule has 1 fully saturated rings. The Hall–Kier alpha value is -1.39. The van der Waals surface area contributed by atoms with Crippen molar-refractivity contribution in [1.29, 1.82) is 0 Å². The van der Waals surface area contributed by atoms with Gasteiger partial charge >= 0.3 is 0 Å². The molecule has 1 saturated heterocycles. The Labute approximate surface area is 107 Å². The highest BCUT2D eigenvalue weighted by Crippen LogP contribution is 2.15. The number of aromatic nitrogens is 1. The van der Waals surface area contributed by atoms with Gasteiger partial charge in [-0.2, -0.15) is 0 Å². The van der Waals surface area contributed by atoms with Crippen LogP contribution in [-0.2, 0) is 6.42 Å². The van der Waals surface area contributed by atoms with E-state index in [1.165, 1.54) is 38.0 Å². The number of oxazole rings is 1. The molecule has 0 spiro atoms. The largest absolute Gasteiger partial charge is 0.443 e. The molecule has 1 aromatic carbocycles. The second-order valence-electron chi connectivity index (χ2n) is 4.85. The van der Waals surface area contributed by atoms with Crippen molar-refractivity contribution in [2.75, 3.05) is 32.7 Å². The summed E-state index contributed by atoms with van der Waals surface area (Å²) in [6, 6.07) is 6.31. The second kappa shape index (κ2) is 5.50. The number of benzene rings is 1. The molecule has 0 bridgehead atoms. The molecule has 4 heteroatoms. The molecule has 0 amide bonds. The molecule has 2 aromatic rings. The van der Waals surface area contributed by atoms with Crippen LogP contribution in [0, 0.1) is 0 Å². The summed E-state index contributed by atoms with van der Waals surface area (Å²) in [5, 5.41) is 3.38. The van der Waals surface area contributed by atoms with Gasteiger partial charge in [0, 0.05) is 26.2 Å². The standard InChI is InChI=1S/C14H19N3O/c1(7-17-8-5-15-6-9-17)2-12-3-4-13-14(10-12)18-11-16-13/h3-4,10-11,15H,1-2,5-9H2. The first-order valence-electron chi connectivity index (χ1n) is 6.67. The molecular weight excluding hydrogens is 226 g/mol. The predicted molar refractivity (Wildman–Crippen MR) is 71.6 cm³/mol. The minimum atomic E-state index is 0.898. The van der Waals surface area contributed by atoms with Crippen molar-refractivity contribution in [2.24, 2.45) is 0 Å². The molecule has 1 aromatic heterocycles. The van der Waals surface area contributed by atoms with Crippen LogP contribution in [0.5, 0.6) is 0 Å². The highest BCUT2D eigenvalue weighted by Gasteiger charge is 2.08. The van der Waals surface area contributed by atoms with E-state index in [4.69, 9.17) is 4.42 Å². The molecule has 1 N–H and O–H groups in total. The topological polar surface area (TPSA) is 41.3 Å². The number of piperazine rings is 1. The Bertz CT molecular complexity index is 502. The molecule has 1 aliphatic heterocycles. The van der Waals surface area contributed by atoms with E-state index in [0.717, 1.165) is 30.6 Å². The summed E-state index contributed by atoms with van der Waals surface area (Å²) >= 11 is 0. The van der Waals surface area contributed by atoms with Gasteiger partial charge in [0.05, 0.1) is 0 Å². The fourth-order valence-electron chi connectivity index (χ4n) is 2.50. The summed E-state index contributed by atoms with van der Waals surface area (Å²) < 4.78 is 5.33. The van der Waals surface area contributed by atoms with Gasteiger partial charge in [0.25, 0.3) is 0 Å². The first-order valence-corrected chi connectivity index (χ1v) is 6.67. The Morgan fingerprint density at radius 3 is 3.06 bits per heavy atom. The molecule has 4 nitrogen and oxygen atoms in total. The van der Waals surface area contributed by atoms with Crippen molar-refractivity contribution < 1.29 is 4.42 Å². The third-order valence-corrected chi connectivity index (χ3v) is 3.55.